The normalized spacial score (nSPS) is 10.2. The van der Waals surface area contributed by atoms with Crippen LogP contribution in [0.15, 0.2) is 53.0 Å². The molecule has 0 fully saturated rings. The van der Waals surface area contributed by atoms with Gasteiger partial charge in [0.15, 0.2) is 0 Å². The molecule has 0 unspecified atom stereocenters. The van der Waals surface area contributed by atoms with Gasteiger partial charge in [0, 0.05) is 17.6 Å². The maximum absolute atomic E-state index is 11.7. The summed E-state index contributed by atoms with van der Waals surface area (Å²) >= 11 is 3.50. The summed E-state index contributed by atoms with van der Waals surface area (Å²) in [4.78, 5) is 11.7. The lowest BCUT2D eigenvalue weighted by atomic mass is 10.1. The van der Waals surface area contributed by atoms with Gasteiger partial charge in [-0.3, -0.25) is 0 Å². The van der Waals surface area contributed by atoms with Crippen LogP contribution in [0.25, 0.3) is 0 Å². The second kappa shape index (κ2) is 7.84. The topological polar surface area (TPSA) is 41.1 Å². The summed E-state index contributed by atoms with van der Waals surface area (Å²) in [5.74, 6) is 0. The minimum atomic E-state index is -0.136. The fourth-order valence-corrected chi connectivity index (χ4v) is 2.45. The fraction of sp³-hybridized carbons (Fsp3) is 0.235. The summed E-state index contributed by atoms with van der Waals surface area (Å²) in [7, 11) is 0. The minimum absolute atomic E-state index is 0.136. The first-order chi connectivity index (χ1) is 10.1. The molecule has 0 bridgehead atoms. The van der Waals surface area contributed by atoms with Gasteiger partial charge in [0.2, 0.25) is 0 Å². The summed E-state index contributed by atoms with van der Waals surface area (Å²) in [6.07, 6.45) is 0.805. The van der Waals surface area contributed by atoms with Gasteiger partial charge >= 0.3 is 6.03 Å². The van der Waals surface area contributed by atoms with E-state index in [2.05, 4.69) is 32.6 Å². The number of benzene rings is 2. The summed E-state index contributed by atoms with van der Waals surface area (Å²) in [6, 6.07) is 16.0. The third-order valence-corrected chi connectivity index (χ3v) is 3.99. The van der Waals surface area contributed by atoms with E-state index in [0.29, 0.717) is 13.1 Å². The molecule has 4 heteroatoms. The van der Waals surface area contributed by atoms with Gasteiger partial charge in [-0.2, -0.15) is 0 Å². The summed E-state index contributed by atoms with van der Waals surface area (Å²) in [6.45, 7) is 3.20. The largest absolute Gasteiger partial charge is 0.338 e. The SMILES string of the molecule is Cc1ccc(CNC(=O)NCCc2ccccc2Br)cc1. The minimum Gasteiger partial charge on any atom is -0.338 e. The quantitative estimate of drug-likeness (QED) is 0.849. The molecule has 0 aliphatic rings. The molecule has 0 saturated heterocycles. The van der Waals surface area contributed by atoms with E-state index >= 15 is 0 Å². The molecule has 0 spiro atoms. The molecule has 3 nitrogen and oxygen atoms in total. The smallest absolute Gasteiger partial charge is 0.315 e. The molecule has 0 atom stereocenters. The number of halogens is 1. The van der Waals surface area contributed by atoms with Gasteiger partial charge in [-0.1, -0.05) is 64.0 Å². The van der Waals surface area contributed by atoms with Crippen molar-refractivity contribution in [1.82, 2.24) is 10.6 Å². The first-order valence-electron chi connectivity index (χ1n) is 6.96. The molecule has 0 saturated carbocycles. The Hall–Kier alpha value is -1.81. The Balaban J connectivity index is 1.70. The second-order valence-corrected chi connectivity index (χ2v) is 5.79. The average molecular weight is 347 g/mol. The number of carbonyl (C=O) groups is 1. The number of rotatable bonds is 5. The highest BCUT2D eigenvalue weighted by molar-refractivity contribution is 9.10. The van der Waals surface area contributed by atoms with Gasteiger partial charge in [-0.05, 0) is 30.5 Å². The maximum Gasteiger partial charge on any atom is 0.315 e. The van der Waals surface area contributed by atoms with Crippen LogP contribution in [0.4, 0.5) is 4.79 Å². The van der Waals surface area contributed by atoms with Gasteiger partial charge in [0.1, 0.15) is 0 Å². The predicted molar refractivity (Wildman–Crippen MR) is 89.3 cm³/mol. The third kappa shape index (κ3) is 5.23. The van der Waals surface area contributed by atoms with Gasteiger partial charge < -0.3 is 10.6 Å². The highest BCUT2D eigenvalue weighted by atomic mass is 79.9. The zero-order valence-corrected chi connectivity index (χ0v) is 13.6. The molecule has 0 heterocycles. The van der Waals surface area contributed by atoms with E-state index in [0.717, 1.165) is 16.5 Å². The Morgan fingerprint density at radius 3 is 2.48 bits per heavy atom. The molecule has 2 rings (SSSR count). The van der Waals surface area contributed by atoms with Crippen LogP contribution < -0.4 is 10.6 Å². The van der Waals surface area contributed by atoms with Crippen LogP contribution in [-0.4, -0.2) is 12.6 Å². The van der Waals surface area contributed by atoms with Crippen LogP contribution in [0, 0.1) is 6.92 Å². The molecule has 2 N–H and O–H groups in total. The molecule has 2 amide bonds. The van der Waals surface area contributed by atoms with Crippen molar-refractivity contribution in [2.24, 2.45) is 0 Å². The zero-order chi connectivity index (χ0) is 15.1. The Morgan fingerprint density at radius 2 is 1.76 bits per heavy atom. The van der Waals surface area contributed by atoms with Crippen molar-refractivity contribution in [1.29, 1.82) is 0 Å². The Bertz CT molecular complexity index is 596. The Morgan fingerprint density at radius 1 is 1.05 bits per heavy atom. The van der Waals surface area contributed by atoms with Crippen LogP contribution in [-0.2, 0) is 13.0 Å². The van der Waals surface area contributed by atoms with Crippen molar-refractivity contribution >= 4 is 22.0 Å². The number of carbonyl (C=O) groups excluding carboxylic acids is 1. The summed E-state index contributed by atoms with van der Waals surface area (Å²) in [5, 5.41) is 5.73. The summed E-state index contributed by atoms with van der Waals surface area (Å²) < 4.78 is 1.08. The van der Waals surface area contributed by atoms with Crippen molar-refractivity contribution in [3.63, 3.8) is 0 Å². The number of nitrogens with one attached hydrogen (secondary N) is 2. The van der Waals surface area contributed by atoms with Gasteiger partial charge in [-0.15, -0.1) is 0 Å². The van der Waals surface area contributed by atoms with Gasteiger partial charge in [0.25, 0.3) is 0 Å². The highest BCUT2D eigenvalue weighted by Gasteiger charge is 2.02. The van der Waals surface area contributed by atoms with Crippen molar-refractivity contribution < 1.29 is 4.79 Å². The molecule has 0 radical (unpaired) electrons. The highest BCUT2D eigenvalue weighted by Crippen LogP contribution is 2.15. The van der Waals surface area contributed by atoms with Crippen LogP contribution in [0.2, 0.25) is 0 Å². The van der Waals surface area contributed by atoms with Crippen LogP contribution >= 0.6 is 15.9 Å². The molecular weight excluding hydrogens is 328 g/mol. The van der Waals surface area contributed by atoms with E-state index in [1.165, 1.54) is 11.1 Å². The van der Waals surface area contributed by atoms with Crippen molar-refractivity contribution in [3.05, 3.63) is 69.7 Å². The number of amides is 2. The van der Waals surface area contributed by atoms with Crippen molar-refractivity contribution in [2.75, 3.05) is 6.54 Å². The molecule has 21 heavy (non-hydrogen) atoms. The fourth-order valence-electron chi connectivity index (χ4n) is 1.96. The number of hydrogen-bond donors (Lipinski definition) is 2. The monoisotopic (exact) mass is 346 g/mol. The van der Waals surface area contributed by atoms with Gasteiger partial charge in [-0.25, -0.2) is 4.79 Å². The van der Waals surface area contributed by atoms with Gasteiger partial charge in [0.05, 0.1) is 0 Å². The zero-order valence-electron chi connectivity index (χ0n) is 12.0. The average Bonchev–Trinajstić information content (AvgIpc) is 2.49. The second-order valence-electron chi connectivity index (χ2n) is 4.94. The van der Waals surface area contributed by atoms with Crippen molar-refractivity contribution in [2.45, 2.75) is 19.9 Å². The number of urea groups is 1. The van der Waals surface area contributed by atoms with E-state index in [1.807, 2.05) is 49.4 Å². The first-order valence-corrected chi connectivity index (χ1v) is 7.75. The molecule has 2 aromatic carbocycles. The molecule has 110 valence electrons. The first kappa shape index (κ1) is 15.6. The molecule has 2 aromatic rings. The standard InChI is InChI=1S/C17H19BrN2O/c1-13-6-8-14(9-7-13)12-20-17(21)19-11-10-15-4-2-3-5-16(15)18/h2-9H,10-12H2,1H3,(H2,19,20,21). The molecule has 0 aliphatic carbocycles. The van der Waals surface area contributed by atoms with E-state index in [9.17, 15) is 4.79 Å². The van der Waals surface area contributed by atoms with Crippen LogP contribution in [0.3, 0.4) is 0 Å². The van der Waals surface area contributed by atoms with Crippen molar-refractivity contribution in [3.8, 4) is 0 Å². The van der Waals surface area contributed by atoms with E-state index < -0.39 is 0 Å². The molecular formula is C17H19BrN2O. The molecule has 0 aliphatic heterocycles. The lowest BCUT2D eigenvalue weighted by Gasteiger charge is -2.09. The van der Waals surface area contributed by atoms with Crippen LogP contribution in [0.1, 0.15) is 16.7 Å². The van der Waals surface area contributed by atoms with E-state index in [1.54, 1.807) is 0 Å². The number of hydrogen-bond acceptors (Lipinski definition) is 1. The predicted octanol–water partition coefficient (Wildman–Crippen LogP) is 3.80. The maximum atomic E-state index is 11.7. The van der Waals surface area contributed by atoms with E-state index in [4.69, 9.17) is 0 Å². The Kier molecular flexibility index (Phi) is 5.81. The number of aryl methyl sites for hydroxylation is 1. The third-order valence-electron chi connectivity index (χ3n) is 3.21. The lowest BCUT2D eigenvalue weighted by molar-refractivity contribution is 0.240. The van der Waals surface area contributed by atoms with E-state index in [-0.39, 0.29) is 6.03 Å². The molecule has 0 aromatic heterocycles. The summed E-state index contributed by atoms with van der Waals surface area (Å²) in [5.41, 5.74) is 3.51. The lowest BCUT2D eigenvalue weighted by Crippen LogP contribution is -2.36. The Labute approximate surface area is 133 Å². The van der Waals surface area contributed by atoms with Crippen LogP contribution in [0.5, 0.6) is 0 Å².